The molecule has 6 amide bonds. The summed E-state index contributed by atoms with van der Waals surface area (Å²) in [4.78, 5) is 75.0. The monoisotopic (exact) mass is 800 g/mol. The van der Waals surface area contributed by atoms with Crippen molar-refractivity contribution in [1.29, 1.82) is 0 Å². The number of ether oxygens (including phenoxy) is 1. The molecule has 0 aromatic rings. The van der Waals surface area contributed by atoms with Gasteiger partial charge >= 0.3 is 6.03 Å². The summed E-state index contributed by atoms with van der Waals surface area (Å²) in [6, 6.07) is -3.25. The maximum Gasteiger partial charge on any atom is 0.316 e. The van der Waals surface area contributed by atoms with Crippen molar-refractivity contribution in [1.82, 2.24) is 30.5 Å². The molecule has 8 aliphatic rings. The van der Waals surface area contributed by atoms with Crippen LogP contribution in [0.4, 0.5) is 4.79 Å². The fraction of sp³-hybridized carbons (Fsp3) is 0.878. The first kappa shape index (κ1) is 39.9. The van der Waals surface area contributed by atoms with E-state index in [-0.39, 0.29) is 45.8 Å². The van der Waals surface area contributed by atoms with Crippen molar-refractivity contribution >= 4 is 39.7 Å². The third-order valence-electron chi connectivity index (χ3n) is 15.9. The molecule has 2 saturated heterocycles. The van der Waals surface area contributed by atoms with Crippen LogP contribution in [-0.2, 0) is 33.9 Å². The predicted molar refractivity (Wildman–Crippen MR) is 207 cm³/mol. The zero-order valence-electron chi connectivity index (χ0n) is 34.0. The second-order valence-electron chi connectivity index (χ2n) is 20.3. The highest BCUT2D eigenvalue weighted by Crippen LogP contribution is 2.88. The summed E-state index contributed by atoms with van der Waals surface area (Å²) < 4.78 is 33.6. The quantitative estimate of drug-likeness (QED) is 0.246. The number of amides is 6. The minimum atomic E-state index is -3.83. The van der Waals surface area contributed by atoms with E-state index in [0.717, 1.165) is 64.2 Å². The first-order valence-electron chi connectivity index (χ1n) is 21.5. The molecular weight excluding hydrogens is 737 g/mol. The minimum Gasteiger partial charge on any atom is -0.378 e. The van der Waals surface area contributed by atoms with Crippen molar-refractivity contribution in [2.45, 2.75) is 153 Å². The van der Waals surface area contributed by atoms with E-state index in [1.165, 1.54) is 0 Å². The molecule has 0 aromatic heterocycles. The Morgan fingerprint density at radius 3 is 2.02 bits per heavy atom. The normalized spacial score (nSPS) is 33.2. The van der Waals surface area contributed by atoms with Gasteiger partial charge in [-0.15, -0.1) is 0 Å². The largest absolute Gasteiger partial charge is 0.378 e. The molecule has 56 heavy (non-hydrogen) atoms. The molecule has 2 aliphatic heterocycles. The first-order chi connectivity index (χ1) is 26.4. The van der Waals surface area contributed by atoms with Gasteiger partial charge in [0.05, 0.1) is 18.5 Å². The van der Waals surface area contributed by atoms with Crippen LogP contribution in [0.1, 0.15) is 125 Å². The number of carbonyl (C=O) groups is 5. The van der Waals surface area contributed by atoms with Crippen LogP contribution in [0.5, 0.6) is 0 Å². The summed E-state index contributed by atoms with van der Waals surface area (Å²) in [6.45, 7) is 12.3. The molecule has 14 nitrogen and oxygen atoms in total. The lowest BCUT2D eigenvalue weighted by Crippen LogP contribution is -2.62. The van der Waals surface area contributed by atoms with Gasteiger partial charge in [-0.05, 0) is 98.2 Å². The highest BCUT2D eigenvalue weighted by molar-refractivity contribution is 7.91. The van der Waals surface area contributed by atoms with Gasteiger partial charge in [0.25, 0.3) is 5.91 Å². The van der Waals surface area contributed by atoms with E-state index in [2.05, 4.69) is 34.5 Å². The molecule has 8 fully saturated rings. The summed E-state index contributed by atoms with van der Waals surface area (Å²) in [5.74, 6) is -1.53. The van der Waals surface area contributed by atoms with Crippen LogP contribution in [0.15, 0.2) is 0 Å². The van der Waals surface area contributed by atoms with E-state index in [0.29, 0.717) is 58.5 Å². The van der Waals surface area contributed by atoms with Gasteiger partial charge in [0, 0.05) is 25.0 Å². The van der Waals surface area contributed by atoms with E-state index in [4.69, 9.17) is 4.74 Å². The number of carbonyl (C=O) groups excluding carboxylic acids is 5. The van der Waals surface area contributed by atoms with Gasteiger partial charge in [-0.1, -0.05) is 60.3 Å². The van der Waals surface area contributed by atoms with Crippen LogP contribution >= 0.6 is 0 Å². The topological polar surface area (TPSA) is 183 Å². The van der Waals surface area contributed by atoms with Gasteiger partial charge in [0.15, 0.2) is 0 Å². The van der Waals surface area contributed by atoms with Crippen LogP contribution in [0, 0.1) is 39.4 Å². The Balaban J connectivity index is 1.04. The lowest BCUT2D eigenvalue weighted by molar-refractivity contribution is -0.142. The summed E-state index contributed by atoms with van der Waals surface area (Å²) >= 11 is 0. The maximum atomic E-state index is 15.1. The van der Waals surface area contributed by atoms with E-state index >= 15 is 4.79 Å². The van der Waals surface area contributed by atoms with Gasteiger partial charge in [0.1, 0.15) is 23.7 Å². The number of likely N-dealkylation sites (tertiary alicyclic amines) is 1. The highest BCUT2D eigenvalue weighted by atomic mass is 32.2. The smallest absolute Gasteiger partial charge is 0.316 e. The Kier molecular flexibility index (Phi) is 9.85. The molecule has 6 aliphatic carbocycles. The third-order valence-corrected chi connectivity index (χ3v) is 17.8. The molecule has 4 N–H and O–H groups in total. The van der Waals surface area contributed by atoms with Crippen molar-refractivity contribution in [2.24, 2.45) is 39.4 Å². The zero-order chi connectivity index (χ0) is 40.1. The Bertz CT molecular complexity index is 1740. The van der Waals surface area contributed by atoms with Crippen molar-refractivity contribution < 1.29 is 37.1 Å². The van der Waals surface area contributed by atoms with Gasteiger partial charge in [-0.3, -0.25) is 23.9 Å². The molecule has 0 radical (unpaired) electrons. The fourth-order valence-electron chi connectivity index (χ4n) is 11.8. The van der Waals surface area contributed by atoms with Crippen molar-refractivity contribution in [3.63, 3.8) is 0 Å². The summed E-state index contributed by atoms with van der Waals surface area (Å²) in [5.41, 5.74) is -2.52. The number of fused-ring (bicyclic) bond motifs is 1. The molecule has 2 heterocycles. The minimum absolute atomic E-state index is 0.00615. The van der Waals surface area contributed by atoms with Crippen LogP contribution in [0.25, 0.3) is 0 Å². The van der Waals surface area contributed by atoms with Gasteiger partial charge in [-0.25, -0.2) is 13.2 Å². The molecule has 6 saturated carbocycles. The third kappa shape index (κ3) is 6.62. The van der Waals surface area contributed by atoms with E-state index in [9.17, 15) is 27.6 Å². The van der Waals surface area contributed by atoms with Crippen molar-refractivity contribution in [3.8, 4) is 0 Å². The second-order valence-corrected chi connectivity index (χ2v) is 22.3. The molecule has 0 aromatic carbocycles. The Labute approximate surface area is 332 Å². The number of nitrogens with zero attached hydrogens (tertiary/aromatic N) is 2. The number of sulfonamides is 1. The molecule has 8 rings (SSSR count). The van der Waals surface area contributed by atoms with Gasteiger partial charge in [-0.2, -0.15) is 0 Å². The lowest BCUT2D eigenvalue weighted by Gasteiger charge is -2.38. The number of nitrogens with one attached hydrogen (secondary N) is 4. The van der Waals surface area contributed by atoms with E-state index in [1.54, 1.807) is 9.80 Å². The molecule has 312 valence electrons. The van der Waals surface area contributed by atoms with Crippen LogP contribution in [0.2, 0.25) is 0 Å². The maximum absolute atomic E-state index is 15.1. The first-order valence-corrected chi connectivity index (χ1v) is 23.0. The number of hydrogen-bond donors (Lipinski definition) is 4. The molecule has 0 unspecified atom stereocenters. The molecule has 0 bridgehead atoms. The fourth-order valence-corrected chi connectivity index (χ4v) is 13.2. The SMILES string of the molecule is CC(C)(C)[C@H](NC(=O)N[C@H](C(=O)N1CCOCC1)C1CCCCC1)C(=O)N1C[C@]2(C[C@H]1C(=O)N[C@]1(C(=O)NS(=O)(=O)C3CC3)C[C@H]1C1CC1)C(C)(C)C21CCC1. The van der Waals surface area contributed by atoms with E-state index < -0.39 is 62.2 Å². The van der Waals surface area contributed by atoms with Crippen molar-refractivity contribution in [2.75, 3.05) is 32.8 Å². The van der Waals surface area contributed by atoms with Crippen LogP contribution in [0.3, 0.4) is 0 Å². The number of hydrogen-bond acceptors (Lipinski definition) is 8. The number of morpholine rings is 1. The Morgan fingerprint density at radius 1 is 0.804 bits per heavy atom. The number of rotatable bonds is 11. The van der Waals surface area contributed by atoms with Gasteiger partial charge < -0.3 is 30.5 Å². The number of urea groups is 1. The standard InChI is InChI=1S/C41H64N6O8S/c1-37(2,3)31(43-36(52)42-30(26-10-7-6-8-11-26)33(49)46-18-20-55-21-19-46)34(50)47-24-40(38(4,5)39(40)16-9-17-39)23-29(47)32(48)44-41(22-28(41)25-12-13-25)35(51)45-56(53,54)27-14-15-27/h25-31H,6-24H2,1-5H3,(H,44,48)(H,45,51)(H2,42,43,52)/t28-,29-,30-,31+,40+,41+/m0/s1. The predicted octanol–water partition coefficient (Wildman–Crippen LogP) is 3.20. The van der Waals surface area contributed by atoms with Crippen LogP contribution in [-0.4, -0.2) is 110 Å². The summed E-state index contributed by atoms with van der Waals surface area (Å²) in [7, 11) is -3.83. The zero-order valence-corrected chi connectivity index (χ0v) is 34.9. The van der Waals surface area contributed by atoms with Crippen LogP contribution < -0.4 is 20.7 Å². The Hall–Kier alpha value is -2.94. The summed E-state index contributed by atoms with van der Waals surface area (Å²) in [6.07, 6.45) is 11.6. The summed E-state index contributed by atoms with van der Waals surface area (Å²) in [5, 5.41) is 8.50. The van der Waals surface area contributed by atoms with Crippen molar-refractivity contribution in [3.05, 3.63) is 0 Å². The lowest BCUT2D eigenvalue weighted by atomic mass is 9.73. The van der Waals surface area contributed by atoms with E-state index in [1.807, 2.05) is 20.8 Å². The molecule has 2 spiro atoms. The highest BCUT2D eigenvalue weighted by Gasteiger charge is 2.85. The van der Waals surface area contributed by atoms with Gasteiger partial charge in [0.2, 0.25) is 27.7 Å². The molecule has 15 heteroatoms. The Morgan fingerprint density at radius 2 is 1.46 bits per heavy atom. The second kappa shape index (κ2) is 13.8. The average molecular weight is 801 g/mol. The average Bonchev–Trinajstić information content (AvgIpc) is 3.96. The molecular formula is C41H64N6O8S. The molecule has 6 atom stereocenters.